The molecule has 0 spiro atoms. The molecular weight excluding hydrogens is 299 g/mol. The van der Waals surface area contributed by atoms with Gasteiger partial charge in [0.05, 0.1) is 7.14 Å². The van der Waals surface area contributed by atoms with Gasteiger partial charge in [0.1, 0.15) is 0 Å². The Kier molecular flexibility index (Phi) is 2.70. The summed E-state index contributed by atoms with van der Waals surface area (Å²) in [5, 5.41) is 0.598. The van der Waals surface area contributed by atoms with Crippen LogP contribution in [0.3, 0.4) is 0 Å². The quantitative estimate of drug-likeness (QED) is 0.574. The van der Waals surface area contributed by atoms with Gasteiger partial charge in [-0.25, -0.2) is 0 Å². The monoisotopic (exact) mass is 332 g/mol. The van der Waals surface area contributed by atoms with Gasteiger partial charge in [0.2, 0.25) is 0 Å². The summed E-state index contributed by atoms with van der Waals surface area (Å²) in [5.41, 5.74) is 0. The molecule has 128 valence electrons. The van der Waals surface area contributed by atoms with Crippen molar-refractivity contribution in [3.8, 4) is 0 Å². The first kappa shape index (κ1) is 14.4. The van der Waals surface area contributed by atoms with Crippen LogP contribution >= 0.6 is 7.14 Å². The molecule has 8 bridgehead atoms. The van der Waals surface area contributed by atoms with Gasteiger partial charge in [-0.1, -0.05) is 0 Å². The molecule has 23 heavy (non-hydrogen) atoms. The third-order valence-electron chi connectivity index (χ3n) is 9.82. The van der Waals surface area contributed by atoms with E-state index in [-0.39, 0.29) is 0 Å². The fourth-order valence-electron chi connectivity index (χ4n) is 9.68. The van der Waals surface area contributed by atoms with E-state index in [1.165, 1.54) is 77.0 Å². The summed E-state index contributed by atoms with van der Waals surface area (Å²) >= 11 is 0. The van der Waals surface area contributed by atoms with Gasteiger partial charge in [0, 0.05) is 10.3 Å². The SMILES string of the molecule is CP(=O)(C12CC3CC(CC(C3)C1)C2)C12CC3CC(CC(C3)C1)C2. The van der Waals surface area contributed by atoms with Crippen LogP contribution in [0.1, 0.15) is 77.0 Å². The Morgan fingerprint density at radius 3 is 1.00 bits per heavy atom. The lowest BCUT2D eigenvalue weighted by Gasteiger charge is -2.66. The third kappa shape index (κ3) is 1.74. The van der Waals surface area contributed by atoms with Crippen LogP contribution < -0.4 is 0 Å². The van der Waals surface area contributed by atoms with Gasteiger partial charge < -0.3 is 4.57 Å². The Morgan fingerprint density at radius 1 is 0.565 bits per heavy atom. The Labute approximate surface area is 141 Å². The topological polar surface area (TPSA) is 17.1 Å². The van der Waals surface area contributed by atoms with Gasteiger partial charge in [0.15, 0.2) is 0 Å². The molecule has 1 nitrogen and oxygen atoms in total. The van der Waals surface area contributed by atoms with Crippen molar-refractivity contribution in [3.63, 3.8) is 0 Å². The molecule has 0 atom stereocenters. The van der Waals surface area contributed by atoms with Crippen molar-refractivity contribution in [1.82, 2.24) is 0 Å². The molecule has 8 fully saturated rings. The van der Waals surface area contributed by atoms with E-state index < -0.39 is 7.14 Å². The lowest BCUT2D eigenvalue weighted by atomic mass is 9.55. The number of rotatable bonds is 2. The van der Waals surface area contributed by atoms with E-state index in [1.54, 1.807) is 0 Å². The van der Waals surface area contributed by atoms with Gasteiger partial charge in [0.25, 0.3) is 0 Å². The van der Waals surface area contributed by atoms with Crippen LogP contribution in [0, 0.1) is 35.5 Å². The average molecular weight is 332 g/mol. The Hall–Kier alpha value is 0.230. The normalized spacial score (nSPS) is 61.8. The summed E-state index contributed by atoms with van der Waals surface area (Å²) in [6.45, 7) is 2.34. The number of hydrogen-bond acceptors (Lipinski definition) is 1. The molecule has 8 saturated carbocycles. The summed E-state index contributed by atoms with van der Waals surface area (Å²) in [4.78, 5) is 0. The summed E-state index contributed by atoms with van der Waals surface area (Å²) in [6, 6.07) is 0. The maximum absolute atomic E-state index is 14.7. The highest BCUT2D eigenvalue weighted by Gasteiger charge is 2.66. The lowest BCUT2D eigenvalue weighted by molar-refractivity contribution is 0.0139. The molecule has 0 heterocycles. The molecule has 0 aliphatic heterocycles. The molecule has 0 N–H and O–H groups in total. The largest absolute Gasteiger partial charge is 0.323 e. The molecule has 8 aliphatic rings. The van der Waals surface area contributed by atoms with Crippen molar-refractivity contribution in [2.45, 2.75) is 87.4 Å². The zero-order valence-electron chi connectivity index (χ0n) is 14.8. The fraction of sp³-hybridized carbons (Fsp3) is 1.00. The van der Waals surface area contributed by atoms with E-state index in [2.05, 4.69) is 6.66 Å². The van der Waals surface area contributed by atoms with Crippen molar-refractivity contribution in [2.24, 2.45) is 35.5 Å². The molecule has 0 amide bonds. The van der Waals surface area contributed by atoms with Crippen molar-refractivity contribution in [1.29, 1.82) is 0 Å². The maximum atomic E-state index is 14.7. The lowest BCUT2D eigenvalue weighted by Crippen LogP contribution is -2.57. The van der Waals surface area contributed by atoms with E-state index >= 15 is 0 Å². The van der Waals surface area contributed by atoms with Crippen LogP contribution in [0.4, 0.5) is 0 Å². The minimum atomic E-state index is -2.09. The first-order chi connectivity index (χ1) is 11.0. The van der Waals surface area contributed by atoms with Crippen LogP contribution in [0.2, 0.25) is 0 Å². The minimum Gasteiger partial charge on any atom is -0.323 e. The Balaban J connectivity index is 1.42. The van der Waals surface area contributed by atoms with E-state index in [9.17, 15) is 4.57 Å². The summed E-state index contributed by atoms with van der Waals surface area (Å²) in [6.07, 6.45) is 17.1. The second-order valence-corrected chi connectivity index (χ2v) is 15.0. The molecule has 0 aromatic carbocycles. The van der Waals surface area contributed by atoms with Crippen molar-refractivity contribution in [2.75, 3.05) is 6.66 Å². The van der Waals surface area contributed by atoms with E-state index in [4.69, 9.17) is 0 Å². The van der Waals surface area contributed by atoms with Crippen molar-refractivity contribution < 1.29 is 4.57 Å². The fourth-order valence-corrected chi connectivity index (χ4v) is 14.3. The van der Waals surface area contributed by atoms with E-state index in [0.29, 0.717) is 10.3 Å². The van der Waals surface area contributed by atoms with Crippen LogP contribution in [-0.4, -0.2) is 17.0 Å². The van der Waals surface area contributed by atoms with Crippen LogP contribution in [0.25, 0.3) is 0 Å². The smallest absolute Gasteiger partial charge is 0.0965 e. The second kappa shape index (κ2) is 4.31. The molecule has 8 rings (SSSR count). The molecule has 8 aliphatic carbocycles. The maximum Gasteiger partial charge on any atom is 0.0965 e. The molecule has 0 aromatic heterocycles. The standard InChI is InChI=1S/C21H33OP/c1-23(22,20-8-14-2-15(9-20)4-16(3-14)10-20)21-11-17-5-18(12-21)7-19(6-17)13-21/h14-19H,2-13H2,1H3. The highest BCUT2D eigenvalue weighted by atomic mass is 31.2. The van der Waals surface area contributed by atoms with E-state index in [1.807, 2.05) is 0 Å². The minimum absolute atomic E-state index is 0.299. The van der Waals surface area contributed by atoms with E-state index in [0.717, 1.165) is 35.5 Å². The second-order valence-electron chi connectivity index (χ2n) is 11.2. The Morgan fingerprint density at radius 2 is 0.783 bits per heavy atom. The molecule has 0 aromatic rings. The van der Waals surface area contributed by atoms with Gasteiger partial charge in [-0.05, 0) is 119 Å². The Bertz CT molecular complexity index is 472. The predicted molar refractivity (Wildman–Crippen MR) is 95.3 cm³/mol. The van der Waals surface area contributed by atoms with Crippen molar-refractivity contribution >= 4 is 7.14 Å². The van der Waals surface area contributed by atoms with Gasteiger partial charge >= 0.3 is 0 Å². The molecule has 0 unspecified atom stereocenters. The van der Waals surface area contributed by atoms with Crippen LogP contribution in [-0.2, 0) is 4.57 Å². The molecule has 0 saturated heterocycles. The van der Waals surface area contributed by atoms with Crippen LogP contribution in [0.15, 0.2) is 0 Å². The zero-order chi connectivity index (χ0) is 15.4. The van der Waals surface area contributed by atoms with Gasteiger partial charge in [-0.2, -0.15) is 0 Å². The zero-order valence-corrected chi connectivity index (χ0v) is 15.7. The highest BCUT2D eigenvalue weighted by molar-refractivity contribution is 7.66. The molecular formula is C21H33OP. The third-order valence-corrected chi connectivity index (χ3v) is 14.5. The van der Waals surface area contributed by atoms with Gasteiger partial charge in [-0.3, -0.25) is 0 Å². The summed E-state index contributed by atoms with van der Waals surface area (Å²) < 4.78 is 14.7. The average Bonchev–Trinajstić information content (AvgIpc) is 2.44. The summed E-state index contributed by atoms with van der Waals surface area (Å²) in [7, 11) is -2.09. The first-order valence-electron chi connectivity index (χ1n) is 10.5. The molecule has 0 radical (unpaired) electrons. The van der Waals surface area contributed by atoms with Crippen LogP contribution in [0.5, 0.6) is 0 Å². The highest BCUT2D eigenvalue weighted by Crippen LogP contribution is 2.81. The molecule has 2 heteroatoms. The number of hydrogen-bond donors (Lipinski definition) is 0. The predicted octanol–water partition coefficient (Wildman–Crippen LogP) is 5.92. The summed E-state index contributed by atoms with van der Waals surface area (Å²) in [5.74, 6) is 5.69. The van der Waals surface area contributed by atoms with Crippen molar-refractivity contribution in [3.05, 3.63) is 0 Å². The van der Waals surface area contributed by atoms with Gasteiger partial charge in [-0.15, -0.1) is 0 Å². The first-order valence-corrected chi connectivity index (χ1v) is 12.7.